The summed E-state index contributed by atoms with van der Waals surface area (Å²) in [7, 11) is 0. The van der Waals surface area contributed by atoms with Gasteiger partial charge in [-0.1, -0.05) is 13.0 Å². The number of nitrogens with zero attached hydrogens (tertiary/aromatic N) is 2. The topological polar surface area (TPSA) is 59.2 Å². The van der Waals surface area contributed by atoms with E-state index >= 15 is 0 Å². The minimum absolute atomic E-state index is 0.166. The van der Waals surface area contributed by atoms with Crippen molar-refractivity contribution in [3.63, 3.8) is 0 Å². The molecule has 0 aromatic carbocycles. The molecule has 2 rings (SSSR count). The van der Waals surface area contributed by atoms with Gasteiger partial charge < -0.3 is 10.6 Å². The monoisotopic (exact) mass is 247 g/mol. The highest BCUT2D eigenvalue weighted by atomic mass is 16.2. The predicted octanol–water partition coefficient (Wildman–Crippen LogP) is 1.07. The predicted molar refractivity (Wildman–Crippen MR) is 70.8 cm³/mol. The fraction of sp³-hybridized carbons (Fsp3) is 0.571. The molecule has 1 saturated heterocycles. The molecule has 1 aromatic rings. The van der Waals surface area contributed by atoms with Crippen LogP contribution in [0.1, 0.15) is 19.0 Å². The maximum absolute atomic E-state index is 12.2. The molecule has 4 heteroatoms. The number of carbonyl (C=O) groups is 1. The lowest BCUT2D eigenvalue weighted by molar-refractivity contribution is -0.132. The van der Waals surface area contributed by atoms with Crippen LogP contribution < -0.4 is 5.73 Å². The Balaban J connectivity index is 1.93. The normalized spacial score (nSPS) is 24.0. The minimum Gasteiger partial charge on any atom is -0.342 e. The molecule has 98 valence electrons. The van der Waals surface area contributed by atoms with Gasteiger partial charge >= 0.3 is 0 Å². The molecule has 1 aliphatic heterocycles. The van der Waals surface area contributed by atoms with Crippen molar-refractivity contribution in [2.45, 2.75) is 19.8 Å². The third-order valence-electron chi connectivity index (χ3n) is 3.83. The number of pyridine rings is 1. The molecule has 4 nitrogen and oxygen atoms in total. The lowest BCUT2D eigenvalue weighted by atomic mass is 9.87. The third kappa shape index (κ3) is 3.07. The van der Waals surface area contributed by atoms with Crippen LogP contribution in [0.2, 0.25) is 0 Å². The first-order valence-electron chi connectivity index (χ1n) is 6.58. The van der Waals surface area contributed by atoms with Gasteiger partial charge in [0.05, 0.1) is 6.42 Å². The van der Waals surface area contributed by atoms with Gasteiger partial charge in [-0.2, -0.15) is 0 Å². The van der Waals surface area contributed by atoms with Gasteiger partial charge in [0, 0.05) is 25.0 Å². The Morgan fingerprint density at radius 1 is 1.56 bits per heavy atom. The standard InChI is InChI=1S/C14H21N3O/c1-11-5-7-17(10-12(11)9-15)14(18)8-13-4-2-3-6-16-13/h2-4,6,11-12H,5,7-10,15H2,1H3. The second-order valence-corrected chi connectivity index (χ2v) is 5.10. The van der Waals surface area contributed by atoms with Crippen LogP contribution in [0.4, 0.5) is 0 Å². The van der Waals surface area contributed by atoms with Crippen molar-refractivity contribution < 1.29 is 4.79 Å². The molecule has 2 unspecified atom stereocenters. The van der Waals surface area contributed by atoms with E-state index in [9.17, 15) is 4.79 Å². The highest BCUT2D eigenvalue weighted by molar-refractivity contribution is 5.78. The average molecular weight is 247 g/mol. The molecule has 1 fully saturated rings. The number of nitrogens with two attached hydrogens (primary N) is 1. The van der Waals surface area contributed by atoms with E-state index < -0.39 is 0 Å². The Kier molecular flexibility index (Phi) is 4.31. The SMILES string of the molecule is CC1CCN(C(=O)Cc2ccccn2)CC1CN. The fourth-order valence-electron chi connectivity index (χ4n) is 2.45. The van der Waals surface area contributed by atoms with E-state index in [4.69, 9.17) is 5.73 Å². The van der Waals surface area contributed by atoms with Crippen LogP contribution in [0.25, 0.3) is 0 Å². The Labute approximate surface area is 108 Å². The van der Waals surface area contributed by atoms with Crippen LogP contribution in [0.15, 0.2) is 24.4 Å². The largest absolute Gasteiger partial charge is 0.342 e. The third-order valence-corrected chi connectivity index (χ3v) is 3.83. The molecule has 0 spiro atoms. The Hall–Kier alpha value is -1.42. The molecular weight excluding hydrogens is 226 g/mol. The van der Waals surface area contributed by atoms with E-state index in [-0.39, 0.29) is 5.91 Å². The first kappa shape index (κ1) is 13.0. The summed E-state index contributed by atoms with van der Waals surface area (Å²) in [5.41, 5.74) is 6.60. The summed E-state index contributed by atoms with van der Waals surface area (Å²) in [5.74, 6) is 1.22. The summed E-state index contributed by atoms with van der Waals surface area (Å²) in [6, 6.07) is 5.67. The van der Waals surface area contributed by atoms with Gasteiger partial charge in [0.2, 0.25) is 5.91 Å². The number of hydrogen-bond acceptors (Lipinski definition) is 3. The smallest absolute Gasteiger partial charge is 0.228 e. The van der Waals surface area contributed by atoms with Crippen LogP contribution in [-0.4, -0.2) is 35.4 Å². The molecule has 0 radical (unpaired) electrons. The van der Waals surface area contributed by atoms with Crippen molar-refractivity contribution in [3.8, 4) is 0 Å². The van der Waals surface area contributed by atoms with E-state index in [0.717, 1.165) is 25.2 Å². The number of likely N-dealkylation sites (tertiary alicyclic amines) is 1. The highest BCUT2D eigenvalue weighted by Gasteiger charge is 2.27. The van der Waals surface area contributed by atoms with E-state index in [1.807, 2.05) is 23.1 Å². The summed E-state index contributed by atoms with van der Waals surface area (Å²) in [6.07, 6.45) is 3.17. The second-order valence-electron chi connectivity index (χ2n) is 5.10. The van der Waals surface area contributed by atoms with Crippen molar-refractivity contribution in [1.29, 1.82) is 0 Å². The van der Waals surface area contributed by atoms with Crippen LogP contribution in [0.5, 0.6) is 0 Å². The maximum atomic E-state index is 12.2. The minimum atomic E-state index is 0.166. The highest BCUT2D eigenvalue weighted by Crippen LogP contribution is 2.22. The fourth-order valence-corrected chi connectivity index (χ4v) is 2.45. The number of piperidine rings is 1. The zero-order chi connectivity index (χ0) is 13.0. The summed E-state index contributed by atoms with van der Waals surface area (Å²) >= 11 is 0. The summed E-state index contributed by atoms with van der Waals surface area (Å²) in [6.45, 7) is 4.53. The number of aromatic nitrogens is 1. The van der Waals surface area contributed by atoms with Crippen molar-refractivity contribution in [2.24, 2.45) is 17.6 Å². The Morgan fingerprint density at radius 3 is 3.06 bits per heavy atom. The van der Waals surface area contributed by atoms with Gasteiger partial charge in [-0.3, -0.25) is 9.78 Å². The quantitative estimate of drug-likeness (QED) is 0.869. The summed E-state index contributed by atoms with van der Waals surface area (Å²) in [5, 5.41) is 0. The first-order chi connectivity index (χ1) is 8.70. The number of carbonyl (C=O) groups excluding carboxylic acids is 1. The maximum Gasteiger partial charge on any atom is 0.228 e. The Bertz CT molecular complexity index is 393. The molecule has 18 heavy (non-hydrogen) atoms. The van der Waals surface area contributed by atoms with Crippen molar-refractivity contribution in [1.82, 2.24) is 9.88 Å². The van der Waals surface area contributed by atoms with Gasteiger partial charge in [0.25, 0.3) is 0 Å². The Morgan fingerprint density at radius 2 is 2.39 bits per heavy atom. The number of rotatable bonds is 3. The van der Waals surface area contributed by atoms with Gasteiger partial charge in [-0.05, 0) is 36.9 Å². The van der Waals surface area contributed by atoms with Crippen LogP contribution in [0.3, 0.4) is 0 Å². The molecule has 2 atom stereocenters. The summed E-state index contributed by atoms with van der Waals surface area (Å²) in [4.78, 5) is 18.3. The first-order valence-corrected chi connectivity index (χ1v) is 6.58. The summed E-state index contributed by atoms with van der Waals surface area (Å²) < 4.78 is 0. The van der Waals surface area contributed by atoms with Crippen LogP contribution in [0, 0.1) is 11.8 Å². The second kappa shape index (κ2) is 5.96. The molecule has 2 heterocycles. The molecular formula is C14H21N3O. The number of amides is 1. The molecule has 1 aromatic heterocycles. The molecule has 1 amide bonds. The molecule has 0 saturated carbocycles. The van der Waals surface area contributed by atoms with Gasteiger partial charge in [-0.15, -0.1) is 0 Å². The lowest BCUT2D eigenvalue weighted by Crippen LogP contribution is -2.46. The zero-order valence-electron chi connectivity index (χ0n) is 10.9. The number of hydrogen-bond donors (Lipinski definition) is 1. The van der Waals surface area contributed by atoms with E-state index in [1.165, 1.54) is 0 Å². The van der Waals surface area contributed by atoms with E-state index in [0.29, 0.717) is 24.8 Å². The van der Waals surface area contributed by atoms with Gasteiger partial charge in [-0.25, -0.2) is 0 Å². The molecule has 1 aliphatic rings. The van der Waals surface area contributed by atoms with Crippen LogP contribution >= 0.6 is 0 Å². The van der Waals surface area contributed by atoms with Gasteiger partial charge in [0.1, 0.15) is 0 Å². The van der Waals surface area contributed by atoms with E-state index in [1.54, 1.807) is 6.20 Å². The zero-order valence-corrected chi connectivity index (χ0v) is 10.9. The lowest BCUT2D eigenvalue weighted by Gasteiger charge is -2.36. The van der Waals surface area contributed by atoms with Crippen molar-refractivity contribution in [3.05, 3.63) is 30.1 Å². The molecule has 0 bridgehead atoms. The van der Waals surface area contributed by atoms with Crippen molar-refractivity contribution >= 4 is 5.91 Å². The van der Waals surface area contributed by atoms with E-state index in [2.05, 4.69) is 11.9 Å². The van der Waals surface area contributed by atoms with Crippen LogP contribution in [-0.2, 0) is 11.2 Å². The molecule has 0 aliphatic carbocycles. The molecule has 2 N–H and O–H groups in total. The average Bonchev–Trinajstić information content (AvgIpc) is 2.40. The van der Waals surface area contributed by atoms with Crippen molar-refractivity contribution in [2.75, 3.05) is 19.6 Å². The van der Waals surface area contributed by atoms with Gasteiger partial charge in [0.15, 0.2) is 0 Å².